The molecule has 176 valence electrons. The molecule has 7 nitrogen and oxygen atoms in total. The van der Waals surface area contributed by atoms with Crippen LogP contribution in [0.4, 0.5) is 4.79 Å². The molecule has 0 aromatic heterocycles. The number of carbonyl (C=O) groups excluding carboxylic acids is 2. The molecule has 0 atom stereocenters. The van der Waals surface area contributed by atoms with E-state index in [-0.39, 0.29) is 18.8 Å². The number of nitrogens with zero attached hydrogens (tertiary/aromatic N) is 2. The minimum atomic E-state index is -0.483. The van der Waals surface area contributed by atoms with Crippen LogP contribution in [0.5, 0.6) is 11.5 Å². The first-order valence-corrected chi connectivity index (χ1v) is 12.1. The molecule has 0 bridgehead atoms. The highest BCUT2D eigenvalue weighted by Crippen LogP contribution is 2.35. The van der Waals surface area contributed by atoms with Crippen LogP contribution >= 0.6 is 31.9 Å². The summed E-state index contributed by atoms with van der Waals surface area (Å²) in [6.45, 7) is 0.350. The maximum atomic E-state index is 12.9. The van der Waals surface area contributed by atoms with Gasteiger partial charge in [-0.1, -0.05) is 62.2 Å². The summed E-state index contributed by atoms with van der Waals surface area (Å²) in [6.07, 6.45) is 1.59. The molecule has 0 saturated carbocycles. The molecule has 0 radical (unpaired) electrons. The Morgan fingerprint density at radius 1 is 1.06 bits per heavy atom. The molecule has 1 heterocycles. The molecule has 0 aliphatic carbocycles. The van der Waals surface area contributed by atoms with Crippen molar-refractivity contribution in [2.45, 2.75) is 13.2 Å². The fourth-order valence-electron chi connectivity index (χ4n) is 3.49. The van der Waals surface area contributed by atoms with Gasteiger partial charge in [-0.3, -0.25) is 9.69 Å². The van der Waals surface area contributed by atoms with Gasteiger partial charge in [0.25, 0.3) is 5.91 Å². The molecule has 3 aromatic carbocycles. The number of amides is 3. The molecule has 4 rings (SSSR count). The second-order valence-electron chi connectivity index (χ2n) is 7.59. The van der Waals surface area contributed by atoms with E-state index in [1.165, 1.54) is 7.11 Å². The Kier molecular flexibility index (Phi) is 7.54. The molecule has 0 unspecified atom stereocenters. The lowest BCUT2D eigenvalue weighted by Crippen LogP contribution is -2.30. The molecular formula is C26H19Br2N3O4. The van der Waals surface area contributed by atoms with Gasteiger partial charge >= 0.3 is 6.03 Å². The summed E-state index contributed by atoms with van der Waals surface area (Å²) in [5.74, 6) is 0.489. The van der Waals surface area contributed by atoms with Gasteiger partial charge < -0.3 is 14.8 Å². The van der Waals surface area contributed by atoms with E-state index in [9.17, 15) is 14.9 Å². The number of imide groups is 1. The SMILES string of the molecule is COc1cc(/C=C2/NC(=O)N(Cc3ccc(Br)cc3)C2=O)c(Br)cc1OCc1ccccc1C#N. The Morgan fingerprint density at radius 3 is 2.51 bits per heavy atom. The number of nitrogens with one attached hydrogen (secondary N) is 1. The summed E-state index contributed by atoms with van der Waals surface area (Å²) in [6, 6.07) is 19.7. The zero-order valence-corrected chi connectivity index (χ0v) is 21.7. The second-order valence-corrected chi connectivity index (χ2v) is 9.36. The van der Waals surface area contributed by atoms with E-state index in [0.29, 0.717) is 27.1 Å². The third-order valence-corrected chi connectivity index (χ3v) is 6.54. The Morgan fingerprint density at radius 2 is 1.80 bits per heavy atom. The third kappa shape index (κ3) is 5.56. The van der Waals surface area contributed by atoms with Crippen LogP contribution in [0, 0.1) is 11.3 Å². The van der Waals surface area contributed by atoms with Crippen LogP contribution in [-0.4, -0.2) is 23.9 Å². The Hall–Kier alpha value is -3.61. The molecule has 3 amide bonds. The van der Waals surface area contributed by atoms with Crippen molar-refractivity contribution in [1.82, 2.24) is 10.2 Å². The van der Waals surface area contributed by atoms with Gasteiger partial charge in [-0.05, 0) is 47.5 Å². The summed E-state index contributed by atoms with van der Waals surface area (Å²) < 4.78 is 13.0. The van der Waals surface area contributed by atoms with Crippen LogP contribution in [0.25, 0.3) is 6.08 Å². The van der Waals surface area contributed by atoms with Crippen LogP contribution in [0.3, 0.4) is 0 Å². The lowest BCUT2D eigenvalue weighted by molar-refractivity contribution is -0.123. The van der Waals surface area contributed by atoms with E-state index >= 15 is 0 Å². The van der Waals surface area contributed by atoms with Gasteiger partial charge in [0.05, 0.1) is 25.3 Å². The van der Waals surface area contributed by atoms with E-state index in [4.69, 9.17) is 9.47 Å². The van der Waals surface area contributed by atoms with E-state index < -0.39 is 11.9 Å². The Balaban J connectivity index is 1.54. The Labute approximate surface area is 219 Å². The highest BCUT2D eigenvalue weighted by atomic mass is 79.9. The van der Waals surface area contributed by atoms with Crippen molar-refractivity contribution in [3.8, 4) is 17.6 Å². The molecule has 1 saturated heterocycles. The van der Waals surface area contributed by atoms with Gasteiger partial charge in [-0.15, -0.1) is 0 Å². The van der Waals surface area contributed by atoms with Crippen LogP contribution in [0.15, 0.2) is 75.3 Å². The topological polar surface area (TPSA) is 91.7 Å². The average Bonchev–Trinajstić information content (AvgIpc) is 3.12. The fraction of sp³-hybridized carbons (Fsp3) is 0.115. The number of benzene rings is 3. The van der Waals surface area contributed by atoms with Gasteiger partial charge in [-0.25, -0.2) is 4.79 Å². The highest BCUT2D eigenvalue weighted by molar-refractivity contribution is 9.10. The number of hydrogen-bond acceptors (Lipinski definition) is 5. The van der Waals surface area contributed by atoms with Crippen LogP contribution < -0.4 is 14.8 Å². The molecule has 0 spiro atoms. The van der Waals surface area contributed by atoms with Crippen molar-refractivity contribution in [2.24, 2.45) is 0 Å². The number of urea groups is 1. The van der Waals surface area contributed by atoms with Gasteiger partial charge in [0, 0.05) is 14.5 Å². The van der Waals surface area contributed by atoms with Crippen molar-refractivity contribution >= 4 is 49.9 Å². The maximum Gasteiger partial charge on any atom is 0.329 e. The average molecular weight is 597 g/mol. The predicted octanol–water partition coefficient (Wildman–Crippen LogP) is 5.76. The number of ether oxygens (including phenoxy) is 2. The van der Waals surface area contributed by atoms with Gasteiger partial charge in [0.2, 0.25) is 0 Å². The third-order valence-electron chi connectivity index (χ3n) is 5.32. The minimum absolute atomic E-state index is 0.159. The normalized spacial score (nSPS) is 14.1. The van der Waals surface area contributed by atoms with Crippen LogP contribution in [0.2, 0.25) is 0 Å². The van der Waals surface area contributed by atoms with Gasteiger partial charge in [-0.2, -0.15) is 5.26 Å². The second kappa shape index (κ2) is 10.8. The van der Waals surface area contributed by atoms with Gasteiger partial charge in [0.15, 0.2) is 11.5 Å². The van der Waals surface area contributed by atoms with Crippen LogP contribution in [-0.2, 0) is 17.9 Å². The molecule has 35 heavy (non-hydrogen) atoms. The van der Waals surface area contributed by atoms with E-state index in [1.54, 1.807) is 30.3 Å². The monoisotopic (exact) mass is 595 g/mol. The molecule has 1 aliphatic heterocycles. The molecule has 1 N–H and O–H groups in total. The summed E-state index contributed by atoms with van der Waals surface area (Å²) in [4.78, 5) is 26.5. The first-order valence-electron chi connectivity index (χ1n) is 10.5. The largest absolute Gasteiger partial charge is 0.493 e. The zero-order valence-electron chi connectivity index (χ0n) is 18.5. The quantitative estimate of drug-likeness (QED) is 0.276. The standard InChI is InChI=1S/C26H19Br2N3O4/c1-34-23-11-19(21(28)12-24(23)35-15-18-5-3-2-4-17(18)13-29)10-22-25(32)31(26(33)30-22)14-16-6-8-20(27)9-7-16/h2-12H,14-15H2,1H3,(H,30,33)/b22-10+. The van der Waals surface area contributed by atoms with E-state index in [2.05, 4.69) is 43.2 Å². The minimum Gasteiger partial charge on any atom is -0.493 e. The van der Waals surface area contributed by atoms with Crippen molar-refractivity contribution in [2.75, 3.05) is 7.11 Å². The lowest BCUT2D eigenvalue weighted by Gasteiger charge is -2.14. The number of rotatable bonds is 7. The lowest BCUT2D eigenvalue weighted by atomic mass is 10.1. The number of hydrogen-bond donors (Lipinski definition) is 1. The summed E-state index contributed by atoms with van der Waals surface area (Å²) in [7, 11) is 1.51. The number of carbonyl (C=O) groups is 2. The first kappa shape index (κ1) is 24.5. The van der Waals surface area contributed by atoms with E-state index in [1.807, 2.05) is 36.4 Å². The smallest absolute Gasteiger partial charge is 0.329 e. The zero-order chi connectivity index (χ0) is 24.9. The highest BCUT2D eigenvalue weighted by Gasteiger charge is 2.33. The molecule has 9 heteroatoms. The van der Waals surface area contributed by atoms with Gasteiger partial charge in [0.1, 0.15) is 12.3 Å². The van der Waals surface area contributed by atoms with E-state index in [0.717, 1.165) is 20.5 Å². The molecule has 3 aromatic rings. The summed E-state index contributed by atoms with van der Waals surface area (Å²) >= 11 is 6.88. The van der Waals surface area contributed by atoms with Crippen LogP contribution in [0.1, 0.15) is 22.3 Å². The molecule has 1 aliphatic rings. The van der Waals surface area contributed by atoms with Crippen molar-refractivity contribution in [3.05, 3.63) is 97.6 Å². The summed E-state index contributed by atoms with van der Waals surface area (Å²) in [5, 5.41) is 11.9. The number of halogens is 2. The molecule has 1 fully saturated rings. The van der Waals surface area contributed by atoms with Crippen molar-refractivity contribution < 1.29 is 19.1 Å². The number of methoxy groups -OCH3 is 1. The van der Waals surface area contributed by atoms with Crippen molar-refractivity contribution in [1.29, 1.82) is 5.26 Å². The van der Waals surface area contributed by atoms with Crippen molar-refractivity contribution in [3.63, 3.8) is 0 Å². The Bertz CT molecular complexity index is 1360. The number of nitriles is 1. The predicted molar refractivity (Wildman–Crippen MR) is 137 cm³/mol. The first-order chi connectivity index (χ1) is 16.9. The fourth-order valence-corrected chi connectivity index (χ4v) is 4.19. The molecular weight excluding hydrogens is 578 g/mol. The maximum absolute atomic E-state index is 12.9. The summed E-state index contributed by atoms with van der Waals surface area (Å²) in [5.41, 5.74) is 2.91.